The van der Waals surface area contributed by atoms with Crippen LogP contribution in [0.4, 0.5) is 0 Å². The molecular formula is C9H19NO. The van der Waals surface area contributed by atoms with Gasteiger partial charge in [0.1, 0.15) is 0 Å². The minimum absolute atomic E-state index is 0.235. The van der Waals surface area contributed by atoms with E-state index in [1.807, 2.05) is 0 Å². The molecule has 0 aliphatic rings. The molecule has 0 aliphatic heterocycles. The molecule has 0 unspecified atom stereocenters. The molecule has 0 aromatic carbocycles. The molecule has 0 atom stereocenters. The zero-order chi connectivity index (χ0) is 8.36. The second-order valence-corrected chi connectivity index (χ2v) is 2.52. The molecule has 66 valence electrons. The highest BCUT2D eigenvalue weighted by Crippen LogP contribution is 1.89. The highest BCUT2D eigenvalue weighted by molar-refractivity contribution is 4.81. The molecule has 2 nitrogen and oxygen atoms in total. The van der Waals surface area contributed by atoms with Gasteiger partial charge < -0.3 is 10.4 Å². The fourth-order valence-electron chi connectivity index (χ4n) is 0.792. The number of aliphatic hydroxyl groups is 1. The van der Waals surface area contributed by atoms with Gasteiger partial charge in [-0.15, -0.1) is 0 Å². The maximum Gasteiger partial charge on any atom is 0.0555 e. The van der Waals surface area contributed by atoms with Crippen LogP contribution in [-0.4, -0.2) is 24.8 Å². The minimum Gasteiger partial charge on any atom is -0.395 e. The van der Waals surface area contributed by atoms with Crippen molar-refractivity contribution < 1.29 is 5.11 Å². The second-order valence-electron chi connectivity index (χ2n) is 2.52. The van der Waals surface area contributed by atoms with Gasteiger partial charge in [0.15, 0.2) is 0 Å². The van der Waals surface area contributed by atoms with Gasteiger partial charge in [0.25, 0.3) is 0 Å². The maximum atomic E-state index is 8.43. The minimum atomic E-state index is 0.235. The third kappa shape index (κ3) is 9.66. The Morgan fingerprint density at radius 3 is 2.55 bits per heavy atom. The lowest BCUT2D eigenvalue weighted by Gasteiger charge is -1.97. The molecule has 0 spiro atoms. The van der Waals surface area contributed by atoms with E-state index in [-0.39, 0.29) is 6.61 Å². The molecule has 2 N–H and O–H groups in total. The van der Waals surface area contributed by atoms with E-state index in [0.717, 1.165) is 13.0 Å². The molecule has 0 rings (SSSR count). The molecule has 11 heavy (non-hydrogen) atoms. The topological polar surface area (TPSA) is 32.3 Å². The van der Waals surface area contributed by atoms with E-state index in [2.05, 4.69) is 24.4 Å². The first-order valence-corrected chi connectivity index (χ1v) is 4.38. The summed E-state index contributed by atoms with van der Waals surface area (Å²) in [4.78, 5) is 0. The molecular weight excluding hydrogens is 138 g/mol. The number of aliphatic hydroxyl groups excluding tert-OH is 1. The van der Waals surface area contributed by atoms with Crippen molar-refractivity contribution in [1.82, 2.24) is 5.32 Å². The van der Waals surface area contributed by atoms with Crippen LogP contribution in [0.15, 0.2) is 12.2 Å². The standard InChI is InChI=1S/C9H19NO/c1-2-3-4-5-6-7-10-8-9-11/h4-5,10-11H,2-3,6-9H2,1H3/b5-4-. The van der Waals surface area contributed by atoms with Gasteiger partial charge in [0, 0.05) is 6.54 Å². The maximum absolute atomic E-state index is 8.43. The molecule has 0 saturated heterocycles. The molecule has 0 fully saturated rings. The normalized spacial score (nSPS) is 11.1. The molecule has 0 heterocycles. The number of unbranched alkanes of at least 4 members (excludes halogenated alkanes) is 1. The Balaban J connectivity index is 2.89. The Kier molecular flexibility index (Phi) is 9.36. The summed E-state index contributed by atoms with van der Waals surface area (Å²) in [5.74, 6) is 0. The summed E-state index contributed by atoms with van der Waals surface area (Å²) in [6, 6.07) is 0. The molecule has 0 radical (unpaired) electrons. The molecule has 2 heteroatoms. The van der Waals surface area contributed by atoms with Gasteiger partial charge in [0.05, 0.1) is 6.61 Å². The van der Waals surface area contributed by atoms with Gasteiger partial charge in [-0.05, 0) is 19.4 Å². The van der Waals surface area contributed by atoms with E-state index >= 15 is 0 Å². The number of hydrogen-bond acceptors (Lipinski definition) is 2. The Morgan fingerprint density at radius 2 is 1.91 bits per heavy atom. The van der Waals surface area contributed by atoms with Crippen molar-refractivity contribution in [1.29, 1.82) is 0 Å². The van der Waals surface area contributed by atoms with Crippen LogP contribution in [0.1, 0.15) is 26.2 Å². The van der Waals surface area contributed by atoms with Crippen molar-refractivity contribution >= 4 is 0 Å². The first-order valence-electron chi connectivity index (χ1n) is 4.38. The van der Waals surface area contributed by atoms with Crippen LogP contribution in [0.2, 0.25) is 0 Å². The highest BCUT2D eigenvalue weighted by Gasteiger charge is 1.81. The SMILES string of the molecule is CCC/C=C\CCNCCO. The fourth-order valence-corrected chi connectivity index (χ4v) is 0.792. The Labute approximate surface area is 69.3 Å². The van der Waals surface area contributed by atoms with E-state index in [1.54, 1.807) is 0 Å². The molecule has 0 aliphatic carbocycles. The van der Waals surface area contributed by atoms with E-state index in [0.29, 0.717) is 6.54 Å². The Hall–Kier alpha value is -0.340. The smallest absolute Gasteiger partial charge is 0.0555 e. The Bertz CT molecular complexity index is 91.6. The first kappa shape index (κ1) is 10.7. The van der Waals surface area contributed by atoms with Crippen molar-refractivity contribution in [2.45, 2.75) is 26.2 Å². The van der Waals surface area contributed by atoms with Crippen LogP contribution in [0.5, 0.6) is 0 Å². The molecule has 0 amide bonds. The average molecular weight is 157 g/mol. The third-order valence-electron chi connectivity index (χ3n) is 1.40. The number of hydrogen-bond donors (Lipinski definition) is 2. The predicted molar refractivity (Wildman–Crippen MR) is 48.6 cm³/mol. The number of rotatable bonds is 7. The van der Waals surface area contributed by atoms with Crippen molar-refractivity contribution in [2.75, 3.05) is 19.7 Å². The van der Waals surface area contributed by atoms with Crippen LogP contribution in [-0.2, 0) is 0 Å². The van der Waals surface area contributed by atoms with E-state index < -0.39 is 0 Å². The van der Waals surface area contributed by atoms with Crippen molar-refractivity contribution in [3.63, 3.8) is 0 Å². The molecule has 0 aromatic rings. The second kappa shape index (κ2) is 9.66. The predicted octanol–water partition coefficient (Wildman–Crippen LogP) is 1.31. The summed E-state index contributed by atoms with van der Waals surface area (Å²) in [7, 11) is 0. The highest BCUT2D eigenvalue weighted by atomic mass is 16.3. The van der Waals surface area contributed by atoms with E-state index in [1.165, 1.54) is 12.8 Å². The van der Waals surface area contributed by atoms with Crippen LogP contribution >= 0.6 is 0 Å². The lowest BCUT2D eigenvalue weighted by molar-refractivity contribution is 0.293. The summed E-state index contributed by atoms with van der Waals surface area (Å²) in [5.41, 5.74) is 0. The molecule has 0 aromatic heterocycles. The Morgan fingerprint density at radius 1 is 1.18 bits per heavy atom. The van der Waals surface area contributed by atoms with Gasteiger partial charge >= 0.3 is 0 Å². The van der Waals surface area contributed by atoms with Gasteiger partial charge in [-0.1, -0.05) is 25.5 Å². The van der Waals surface area contributed by atoms with Crippen molar-refractivity contribution in [2.24, 2.45) is 0 Å². The molecule has 0 bridgehead atoms. The van der Waals surface area contributed by atoms with E-state index in [9.17, 15) is 0 Å². The van der Waals surface area contributed by atoms with Gasteiger partial charge in [-0.2, -0.15) is 0 Å². The van der Waals surface area contributed by atoms with Gasteiger partial charge in [-0.3, -0.25) is 0 Å². The summed E-state index contributed by atoms with van der Waals surface area (Å²) >= 11 is 0. The van der Waals surface area contributed by atoms with Crippen molar-refractivity contribution in [3.05, 3.63) is 12.2 Å². The van der Waals surface area contributed by atoms with Crippen molar-refractivity contribution in [3.8, 4) is 0 Å². The summed E-state index contributed by atoms with van der Waals surface area (Å²) < 4.78 is 0. The fraction of sp³-hybridized carbons (Fsp3) is 0.778. The van der Waals surface area contributed by atoms with Crippen LogP contribution in [0.25, 0.3) is 0 Å². The quantitative estimate of drug-likeness (QED) is 0.431. The first-order chi connectivity index (χ1) is 5.41. The average Bonchev–Trinajstić information content (AvgIpc) is 2.03. The zero-order valence-corrected chi connectivity index (χ0v) is 7.34. The van der Waals surface area contributed by atoms with E-state index in [4.69, 9.17) is 5.11 Å². The van der Waals surface area contributed by atoms with Crippen LogP contribution < -0.4 is 5.32 Å². The van der Waals surface area contributed by atoms with Crippen LogP contribution in [0.3, 0.4) is 0 Å². The monoisotopic (exact) mass is 157 g/mol. The lowest BCUT2D eigenvalue weighted by Crippen LogP contribution is -2.18. The molecule has 0 saturated carbocycles. The van der Waals surface area contributed by atoms with Crippen LogP contribution in [0, 0.1) is 0 Å². The summed E-state index contributed by atoms with van der Waals surface area (Å²) in [5, 5.41) is 11.5. The van der Waals surface area contributed by atoms with Gasteiger partial charge in [-0.25, -0.2) is 0 Å². The number of allylic oxidation sites excluding steroid dienone is 1. The lowest BCUT2D eigenvalue weighted by atomic mass is 10.3. The summed E-state index contributed by atoms with van der Waals surface area (Å²) in [6.45, 7) is 4.09. The van der Waals surface area contributed by atoms with Gasteiger partial charge in [0.2, 0.25) is 0 Å². The third-order valence-corrected chi connectivity index (χ3v) is 1.40. The number of nitrogens with one attached hydrogen (secondary N) is 1. The summed E-state index contributed by atoms with van der Waals surface area (Å²) in [6.07, 6.45) is 7.87. The zero-order valence-electron chi connectivity index (χ0n) is 7.34. The largest absolute Gasteiger partial charge is 0.395 e.